The van der Waals surface area contributed by atoms with Gasteiger partial charge in [-0.05, 0) is 49.2 Å². The van der Waals surface area contributed by atoms with E-state index in [1.54, 1.807) is 6.33 Å². The van der Waals surface area contributed by atoms with Crippen LogP contribution in [0.25, 0.3) is 11.0 Å². The monoisotopic (exact) mass is 424 g/mol. The van der Waals surface area contributed by atoms with Crippen molar-refractivity contribution in [1.82, 2.24) is 29.7 Å². The van der Waals surface area contributed by atoms with Crippen molar-refractivity contribution in [3.63, 3.8) is 0 Å². The van der Waals surface area contributed by atoms with Gasteiger partial charge in [-0.25, -0.2) is 19.7 Å². The smallest absolute Gasteiger partial charge is 0.163 e. The highest BCUT2D eigenvalue weighted by molar-refractivity contribution is 5.89. The highest BCUT2D eigenvalue weighted by Crippen LogP contribution is 2.37. The Hall–Kier alpha value is -3.29. The molecule has 161 valence electrons. The second-order valence-corrected chi connectivity index (χ2v) is 8.59. The summed E-state index contributed by atoms with van der Waals surface area (Å²) in [6.07, 6.45) is 5.65. The SMILES string of the molecule is CN1CCN(N(c2ccccc2)c2ncnc3c2cnn3C2CCc3[c]cccc32)CC1. The number of hydrogen-bond donors (Lipinski definition) is 0. The van der Waals surface area contributed by atoms with Crippen LogP contribution in [0.5, 0.6) is 0 Å². The quantitative estimate of drug-likeness (QED) is 0.500. The molecule has 1 aliphatic heterocycles. The lowest BCUT2D eigenvalue weighted by molar-refractivity contribution is 0.154. The molecule has 3 heterocycles. The minimum Gasteiger partial charge on any atom is -0.304 e. The molecular weight excluding hydrogens is 398 g/mol. The van der Waals surface area contributed by atoms with Crippen molar-refractivity contribution in [3.05, 3.63) is 78.2 Å². The molecule has 0 spiro atoms. The highest BCUT2D eigenvalue weighted by atomic mass is 15.7. The Morgan fingerprint density at radius 3 is 2.69 bits per heavy atom. The lowest BCUT2D eigenvalue weighted by atomic mass is 10.1. The Bertz CT molecular complexity index is 1230. The molecule has 1 atom stereocenters. The first-order chi connectivity index (χ1) is 15.8. The molecule has 1 radical (unpaired) electrons. The van der Waals surface area contributed by atoms with Gasteiger partial charge in [0.05, 0.1) is 23.3 Å². The molecule has 0 saturated carbocycles. The molecular formula is C25H26N7. The minimum atomic E-state index is 0.191. The topological polar surface area (TPSA) is 53.3 Å². The fraction of sp³-hybridized carbons (Fsp3) is 0.320. The van der Waals surface area contributed by atoms with Gasteiger partial charge < -0.3 is 4.90 Å². The number of hydrogen-bond acceptors (Lipinski definition) is 6. The summed E-state index contributed by atoms with van der Waals surface area (Å²) in [5.41, 5.74) is 4.58. The van der Waals surface area contributed by atoms with Crippen LogP contribution in [0.4, 0.5) is 11.5 Å². The molecule has 1 aliphatic carbocycles. The van der Waals surface area contributed by atoms with Crippen LogP contribution < -0.4 is 5.01 Å². The van der Waals surface area contributed by atoms with Crippen LogP contribution in [0.2, 0.25) is 0 Å². The third-order valence-electron chi connectivity index (χ3n) is 6.63. The van der Waals surface area contributed by atoms with Crippen LogP contribution in [-0.4, -0.2) is 62.9 Å². The molecule has 32 heavy (non-hydrogen) atoms. The summed E-state index contributed by atoms with van der Waals surface area (Å²) in [6.45, 7) is 3.92. The molecule has 2 aliphatic rings. The zero-order valence-corrected chi connectivity index (χ0v) is 18.2. The fourth-order valence-electron chi connectivity index (χ4n) is 4.94. The lowest BCUT2D eigenvalue weighted by Crippen LogP contribution is -2.51. The molecule has 0 bridgehead atoms. The predicted molar refractivity (Wildman–Crippen MR) is 125 cm³/mol. The average Bonchev–Trinajstić information content (AvgIpc) is 3.46. The van der Waals surface area contributed by atoms with Gasteiger partial charge in [0.2, 0.25) is 0 Å². The van der Waals surface area contributed by atoms with Gasteiger partial charge in [-0.3, -0.25) is 5.01 Å². The molecule has 7 nitrogen and oxygen atoms in total. The highest BCUT2D eigenvalue weighted by Gasteiger charge is 2.29. The second kappa shape index (κ2) is 8.00. The summed E-state index contributed by atoms with van der Waals surface area (Å²) >= 11 is 0. The summed E-state index contributed by atoms with van der Waals surface area (Å²) < 4.78 is 2.08. The molecule has 1 saturated heterocycles. The Morgan fingerprint density at radius 2 is 1.84 bits per heavy atom. The zero-order chi connectivity index (χ0) is 21.5. The van der Waals surface area contributed by atoms with Gasteiger partial charge in [0.25, 0.3) is 0 Å². The van der Waals surface area contributed by atoms with Crippen molar-refractivity contribution >= 4 is 22.5 Å². The maximum Gasteiger partial charge on any atom is 0.163 e. The molecule has 1 unspecified atom stereocenters. The van der Waals surface area contributed by atoms with Gasteiger partial charge in [0, 0.05) is 26.2 Å². The Balaban J connectivity index is 1.45. The number of aryl methyl sites for hydroxylation is 1. The molecule has 4 aromatic rings. The van der Waals surface area contributed by atoms with E-state index in [-0.39, 0.29) is 6.04 Å². The van der Waals surface area contributed by atoms with Crippen LogP contribution >= 0.6 is 0 Å². The van der Waals surface area contributed by atoms with Crippen molar-refractivity contribution in [2.24, 2.45) is 0 Å². The number of rotatable bonds is 4. The van der Waals surface area contributed by atoms with E-state index >= 15 is 0 Å². The molecule has 1 fully saturated rings. The number of hydrazine groups is 1. The Kier molecular flexibility index (Phi) is 4.85. The number of piperazine rings is 1. The van der Waals surface area contributed by atoms with Crippen LogP contribution in [0.1, 0.15) is 23.6 Å². The largest absolute Gasteiger partial charge is 0.304 e. The standard InChI is InChI=1S/C25H26N7/c1-29-13-15-30(16-14-29)32(20-8-3-2-4-9-20)25-22-17-28-31(24(22)26-18-27-25)23-12-11-19-7-5-6-10-21(19)23/h2-6,8-10,17-18,23H,11-16H2,1H3. The van der Waals surface area contributed by atoms with Gasteiger partial charge >= 0.3 is 0 Å². The number of likely N-dealkylation sites (N-methyl/N-ethyl adjacent to an activating group) is 1. The maximum atomic E-state index is 4.82. The summed E-state index contributed by atoms with van der Waals surface area (Å²) in [5.74, 6) is 0.884. The maximum absolute atomic E-state index is 4.82. The van der Waals surface area contributed by atoms with Crippen LogP contribution in [0.15, 0.2) is 61.1 Å². The third-order valence-corrected chi connectivity index (χ3v) is 6.63. The van der Waals surface area contributed by atoms with Crippen molar-refractivity contribution in [3.8, 4) is 0 Å². The first-order valence-electron chi connectivity index (χ1n) is 11.3. The van der Waals surface area contributed by atoms with Crippen molar-refractivity contribution in [2.75, 3.05) is 38.2 Å². The van der Waals surface area contributed by atoms with E-state index in [9.17, 15) is 0 Å². The summed E-state index contributed by atoms with van der Waals surface area (Å²) in [5, 5.41) is 10.4. The zero-order valence-electron chi connectivity index (χ0n) is 18.2. The van der Waals surface area contributed by atoms with E-state index < -0.39 is 0 Å². The lowest BCUT2D eigenvalue weighted by Gasteiger charge is -2.40. The van der Waals surface area contributed by atoms with Gasteiger partial charge in [-0.15, -0.1) is 0 Å². The Morgan fingerprint density at radius 1 is 1.00 bits per heavy atom. The predicted octanol–water partition coefficient (Wildman–Crippen LogP) is 3.46. The normalized spacial score (nSPS) is 19.3. The number of fused-ring (bicyclic) bond motifs is 2. The molecule has 7 heteroatoms. The van der Waals surface area contributed by atoms with Gasteiger partial charge in [0.15, 0.2) is 11.5 Å². The summed E-state index contributed by atoms with van der Waals surface area (Å²) in [7, 11) is 2.17. The van der Waals surface area contributed by atoms with Gasteiger partial charge in [-0.2, -0.15) is 5.10 Å². The molecule has 0 amide bonds. The first-order valence-corrected chi connectivity index (χ1v) is 11.3. The number of para-hydroxylation sites is 1. The van der Waals surface area contributed by atoms with Gasteiger partial charge in [-0.1, -0.05) is 36.4 Å². The van der Waals surface area contributed by atoms with E-state index in [4.69, 9.17) is 10.1 Å². The van der Waals surface area contributed by atoms with E-state index in [0.29, 0.717) is 0 Å². The van der Waals surface area contributed by atoms with Crippen molar-refractivity contribution < 1.29 is 0 Å². The van der Waals surface area contributed by atoms with E-state index in [2.05, 4.69) is 74.1 Å². The third kappa shape index (κ3) is 3.25. The van der Waals surface area contributed by atoms with Crippen molar-refractivity contribution in [2.45, 2.75) is 18.9 Å². The second-order valence-electron chi connectivity index (χ2n) is 8.59. The fourth-order valence-corrected chi connectivity index (χ4v) is 4.94. The van der Waals surface area contributed by atoms with Gasteiger partial charge in [0.1, 0.15) is 6.33 Å². The molecule has 2 aromatic carbocycles. The average molecular weight is 425 g/mol. The van der Waals surface area contributed by atoms with E-state index in [0.717, 1.165) is 61.6 Å². The molecule has 0 N–H and O–H groups in total. The molecule has 2 aromatic heterocycles. The van der Waals surface area contributed by atoms with Crippen molar-refractivity contribution in [1.29, 1.82) is 0 Å². The number of benzene rings is 2. The minimum absolute atomic E-state index is 0.191. The van der Waals surface area contributed by atoms with Crippen LogP contribution in [0.3, 0.4) is 0 Å². The Labute approximate surface area is 187 Å². The number of nitrogens with zero attached hydrogens (tertiary/aromatic N) is 7. The number of anilines is 2. The van der Waals surface area contributed by atoms with E-state index in [1.807, 2.05) is 18.3 Å². The summed E-state index contributed by atoms with van der Waals surface area (Å²) in [4.78, 5) is 11.8. The van der Waals surface area contributed by atoms with Crippen LogP contribution in [-0.2, 0) is 6.42 Å². The molecule has 6 rings (SSSR count). The summed E-state index contributed by atoms with van der Waals surface area (Å²) in [6, 6.07) is 20.3. The number of aromatic nitrogens is 4. The van der Waals surface area contributed by atoms with E-state index in [1.165, 1.54) is 11.1 Å². The first kappa shape index (κ1) is 19.4. The van der Waals surface area contributed by atoms with Crippen LogP contribution in [0, 0.1) is 6.07 Å².